The van der Waals surface area contributed by atoms with Crippen LogP contribution in [-0.4, -0.2) is 73.4 Å². The maximum atomic E-state index is 12.9. The number of anilines is 3. The highest BCUT2D eigenvalue weighted by molar-refractivity contribution is 7.92. The summed E-state index contributed by atoms with van der Waals surface area (Å²) < 4.78 is 25.2. The van der Waals surface area contributed by atoms with Crippen molar-refractivity contribution in [3.63, 3.8) is 0 Å². The Bertz CT molecular complexity index is 1240. The molecule has 11 nitrogen and oxygen atoms in total. The van der Waals surface area contributed by atoms with Gasteiger partial charge in [0, 0.05) is 50.0 Å². The van der Waals surface area contributed by atoms with E-state index in [1.54, 1.807) is 34.1 Å². The van der Waals surface area contributed by atoms with Crippen LogP contribution in [0.3, 0.4) is 0 Å². The molecule has 0 saturated carbocycles. The molecule has 1 atom stereocenters. The monoisotopic (exact) mass is 569 g/mol. The van der Waals surface area contributed by atoms with E-state index in [4.69, 9.17) is 0 Å². The highest BCUT2D eigenvalue weighted by Crippen LogP contribution is 2.28. The number of nitrogens with one attached hydrogen (secondary N) is 3. The highest BCUT2D eigenvalue weighted by atomic mass is 35.5. The standard InChI is InChI=1S/C25H35N5O6S.ClH/c1-17(31)27-19-6-8-20(9-7-19)30-14-13-29(24(30)34)12-11-25(2,3)26-16-23(33)18-5-10-22(32)21(15-18)28-37(4,35)36;/h5-10,15,23,26,28,32-33H,11-14,16H2,1-4H3,(H,27,31);1H. The van der Waals surface area contributed by atoms with Crippen LogP contribution in [0.15, 0.2) is 42.5 Å². The van der Waals surface area contributed by atoms with Gasteiger partial charge in [-0.05, 0) is 62.2 Å². The Balaban J connectivity index is 0.00000507. The lowest BCUT2D eigenvalue weighted by atomic mass is 9.99. The number of phenols is 1. The number of aliphatic hydroxyl groups excluding tert-OH is 1. The number of benzene rings is 2. The Hall–Kier alpha value is -3.06. The van der Waals surface area contributed by atoms with E-state index in [9.17, 15) is 28.2 Å². The molecule has 3 amide bonds. The van der Waals surface area contributed by atoms with Gasteiger partial charge in [-0.1, -0.05) is 6.07 Å². The van der Waals surface area contributed by atoms with Crippen LogP contribution in [0.2, 0.25) is 0 Å². The lowest BCUT2D eigenvalue weighted by Gasteiger charge is -2.30. The van der Waals surface area contributed by atoms with Gasteiger partial charge >= 0.3 is 6.03 Å². The third-order valence-electron chi connectivity index (χ3n) is 6.08. The lowest BCUT2D eigenvalue weighted by Crippen LogP contribution is -2.44. The quantitative estimate of drug-likeness (QED) is 0.261. The fourth-order valence-corrected chi connectivity index (χ4v) is 4.56. The van der Waals surface area contributed by atoms with Crippen molar-refractivity contribution in [2.45, 2.75) is 38.8 Å². The molecule has 0 aliphatic carbocycles. The van der Waals surface area contributed by atoms with E-state index in [0.717, 1.165) is 11.9 Å². The van der Waals surface area contributed by atoms with Gasteiger partial charge in [-0.25, -0.2) is 13.2 Å². The third-order valence-corrected chi connectivity index (χ3v) is 6.67. The summed E-state index contributed by atoms with van der Waals surface area (Å²) >= 11 is 0. The van der Waals surface area contributed by atoms with Crippen molar-refractivity contribution in [2.75, 3.05) is 47.4 Å². The Morgan fingerprint density at radius 3 is 2.39 bits per heavy atom. The van der Waals surface area contributed by atoms with Crippen molar-refractivity contribution in [1.29, 1.82) is 0 Å². The molecule has 0 bridgehead atoms. The molecule has 1 fully saturated rings. The van der Waals surface area contributed by atoms with E-state index in [2.05, 4.69) is 15.4 Å². The zero-order valence-corrected chi connectivity index (χ0v) is 23.5. The molecule has 38 heavy (non-hydrogen) atoms. The Labute approximate surface area is 229 Å². The van der Waals surface area contributed by atoms with Crippen LogP contribution in [0.5, 0.6) is 5.75 Å². The zero-order valence-electron chi connectivity index (χ0n) is 21.9. The number of rotatable bonds is 11. The number of urea groups is 1. The van der Waals surface area contributed by atoms with Gasteiger partial charge in [-0.2, -0.15) is 0 Å². The van der Waals surface area contributed by atoms with Gasteiger partial charge in [0.05, 0.1) is 18.0 Å². The van der Waals surface area contributed by atoms with Gasteiger partial charge in [-0.3, -0.25) is 14.4 Å². The van der Waals surface area contributed by atoms with Crippen LogP contribution in [0, 0.1) is 0 Å². The number of aliphatic hydroxyl groups is 1. The molecule has 1 aliphatic heterocycles. The van der Waals surface area contributed by atoms with Crippen molar-refractivity contribution in [2.24, 2.45) is 0 Å². The Kier molecular flexibility index (Phi) is 10.4. The van der Waals surface area contributed by atoms with E-state index < -0.39 is 21.7 Å². The fraction of sp³-hybridized carbons (Fsp3) is 0.440. The van der Waals surface area contributed by atoms with E-state index in [1.165, 1.54) is 25.1 Å². The summed E-state index contributed by atoms with van der Waals surface area (Å²) in [6, 6.07) is 11.3. The molecular weight excluding hydrogens is 534 g/mol. The second-order valence-electron chi connectivity index (χ2n) is 9.83. The van der Waals surface area contributed by atoms with Crippen LogP contribution < -0.4 is 20.3 Å². The molecule has 0 spiro atoms. The molecule has 3 rings (SSSR count). The number of nitrogens with zero attached hydrogens (tertiary/aromatic N) is 2. The summed E-state index contributed by atoms with van der Waals surface area (Å²) in [5.74, 6) is -0.389. The number of hydrogen-bond acceptors (Lipinski definition) is 7. The molecule has 0 aromatic heterocycles. The maximum absolute atomic E-state index is 12.9. The fourth-order valence-electron chi connectivity index (χ4n) is 3.99. The van der Waals surface area contributed by atoms with Crippen LogP contribution in [0.4, 0.5) is 21.9 Å². The van der Waals surface area contributed by atoms with E-state index >= 15 is 0 Å². The number of sulfonamides is 1. The number of phenolic OH excluding ortho intramolecular Hbond substituents is 1. The number of carbonyl (C=O) groups is 2. The number of carbonyl (C=O) groups excluding carboxylic acids is 2. The highest BCUT2D eigenvalue weighted by Gasteiger charge is 2.31. The van der Waals surface area contributed by atoms with Crippen molar-refractivity contribution in [1.82, 2.24) is 10.2 Å². The molecule has 1 saturated heterocycles. The first kappa shape index (κ1) is 31.2. The summed E-state index contributed by atoms with van der Waals surface area (Å²) in [4.78, 5) is 27.6. The van der Waals surface area contributed by atoms with Crippen LogP contribution in [-0.2, 0) is 14.8 Å². The molecule has 2 aromatic carbocycles. The van der Waals surface area contributed by atoms with E-state index in [-0.39, 0.29) is 42.3 Å². The largest absolute Gasteiger partial charge is 0.506 e. The van der Waals surface area contributed by atoms with E-state index in [1.807, 2.05) is 13.8 Å². The van der Waals surface area contributed by atoms with Crippen molar-refractivity contribution in [3.8, 4) is 5.75 Å². The van der Waals surface area contributed by atoms with Crippen molar-refractivity contribution in [3.05, 3.63) is 48.0 Å². The molecule has 1 heterocycles. The second kappa shape index (κ2) is 12.7. The first-order valence-electron chi connectivity index (χ1n) is 11.9. The smallest absolute Gasteiger partial charge is 0.324 e. The molecule has 2 aromatic rings. The molecule has 13 heteroatoms. The number of hydrogen-bond donors (Lipinski definition) is 5. The topological polar surface area (TPSA) is 151 Å². The minimum absolute atomic E-state index is 0. The predicted octanol–water partition coefficient (Wildman–Crippen LogP) is 2.88. The number of β-amino-alcohol motifs (C(OH)–C–C–N with tert-alkyl or cyclic N) is 1. The van der Waals surface area contributed by atoms with Gasteiger partial charge in [0.25, 0.3) is 0 Å². The first-order valence-corrected chi connectivity index (χ1v) is 13.8. The molecule has 210 valence electrons. The Morgan fingerprint density at radius 2 is 1.79 bits per heavy atom. The molecular formula is C25H36ClN5O6S. The molecule has 1 unspecified atom stereocenters. The SMILES string of the molecule is CC(=O)Nc1ccc(N2CCN(CCC(C)(C)NCC(O)c3ccc(O)c(NS(C)(=O)=O)c3)C2=O)cc1.Cl. The predicted molar refractivity (Wildman–Crippen MR) is 151 cm³/mol. The number of amides is 3. The number of halogens is 1. The van der Waals surface area contributed by atoms with Gasteiger partial charge in [0.2, 0.25) is 15.9 Å². The third kappa shape index (κ3) is 8.76. The van der Waals surface area contributed by atoms with Gasteiger partial charge in [0.1, 0.15) is 5.75 Å². The first-order chi connectivity index (χ1) is 17.2. The summed E-state index contributed by atoms with van der Waals surface area (Å²) in [6.07, 6.45) is 0.676. The average molecular weight is 570 g/mol. The number of aromatic hydroxyl groups is 1. The summed E-state index contributed by atoms with van der Waals surface area (Å²) in [7, 11) is -3.58. The molecule has 0 radical (unpaired) electrons. The van der Waals surface area contributed by atoms with Crippen LogP contribution >= 0.6 is 12.4 Å². The van der Waals surface area contributed by atoms with Gasteiger partial charge in [-0.15, -0.1) is 12.4 Å². The van der Waals surface area contributed by atoms with Gasteiger partial charge in [0.15, 0.2) is 0 Å². The van der Waals surface area contributed by atoms with Crippen molar-refractivity contribution >= 4 is 51.4 Å². The van der Waals surface area contributed by atoms with Crippen molar-refractivity contribution < 1.29 is 28.2 Å². The summed E-state index contributed by atoms with van der Waals surface area (Å²) in [5.41, 5.74) is 1.48. The maximum Gasteiger partial charge on any atom is 0.324 e. The molecule has 1 aliphatic rings. The Morgan fingerprint density at radius 1 is 1.13 bits per heavy atom. The van der Waals surface area contributed by atoms with E-state index in [0.29, 0.717) is 37.3 Å². The minimum atomic E-state index is -3.58. The minimum Gasteiger partial charge on any atom is -0.506 e. The normalized spacial score (nSPS) is 14.7. The second-order valence-corrected chi connectivity index (χ2v) is 11.6. The van der Waals surface area contributed by atoms with Gasteiger partial charge < -0.3 is 25.7 Å². The zero-order chi connectivity index (χ0) is 27.4. The summed E-state index contributed by atoms with van der Waals surface area (Å²) in [5, 5.41) is 26.5. The molecule has 5 N–H and O–H groups in total. The summed E-state index contributed by atoms with van der Waals surface area (Å²) in [6.45, 7) is 7.27. The lowest BCUT2D eigenvalue weighted by molar-refractivity contribution is -0.114. The van der Waals surface area contributed by atoms with Crippen LogP contribution in [0.1, 0.15) is 38.9 Å². The van der Waals surface area contributed by atoms with Crippen LogP contribution in [0.25, 0.3) is 0 Å². The average Bonchev–Trinajstić information content (AvgIpc) is 3.17.